The van der Waals surface area contributed by atoms with E-state index >= 15 is 0 Å². The van der Waals surface area contributed by atoms with E-state index < -0.39 is 0 Å². The van der Waals surface area contributed by atoms with Crippen LogP contribution in [0.4, 0.5) is 16.2 Å². The van der Waals surface area contributed by atoms with E-state index in [2.05, 4.69) is 22.9 Å². The highest BCUT2D eigenvalue weighted by molar-refractivity contribution is 5.93. The molecule has 0 spiro atoms. The summed E-state index contributed by atoms with van der Waals surface area (Å²) in [5, 5.41) is 8.57. The van der Waals surface area contributed by atoms with Gasteiger partial charge >= 0.3 is 6.03 Å². The molecule has 0 aromatic heterocycles. The molecule has 23 heavy (non-hydrogen) atoms. The summed E-state index contributed by atoms with van der Waals surface area (Å²) in [7, 11) is 1.47. The lowest BCUT2D eigenvalue weighted by atomic mass is 9.86. The standard InChI is InChI=1S/C17H25N3O3/c1-12-5-3-4-6-15(12)20-17(22)19-14-9-7-13(8-10-14)18-16(21)11-23-2/h7-10,12,15H,3-6,11H2,1-2H3,(H,18,21)(H2,19,20,22)/t12-,15+/m1/s1. The van der Waals surface area contributed by atoms with Crippen LogP contribution in [0, 0.1) is 5.92 Å². The zero-order valence-electron chi connectivity index (χ0n) is 13.7. The summed E-state index contributed by atoms with van der Waals surface area (Å²) in [6.07, 6.45) is 4.63. The van der Waals surface area contributed by atoms with Gasteiger partial charge in [-0.1, -0.05) is 19.8 Å². The molecule has 1 aromatic rings. The third kappa shape index (κ3) is 5.56. The van der Waals surface area contributed by atoms with Crippen LogP contribution in [0.15, 0.2) is 24.3 Å². The SMILES string of the molecule is COCC(=O)Nc1ccc(NC(=O)N[C@H]2CCCC[C@H]2C)cc1. The van der Waals surface area contributed by atoms with E-state index in [4.69, 9.17) is 4.74 Å². The fourth-order valence-corrected chi connectivity index (χ4v) is 2.83. The molecule has 3 amide bonds. The summed E-state index contributed by atoms with van der Waals surface area (Å²) in [4.78, 5) is 23.5. The van der Waals surface area contributed by atoms with Crippen molar-refractivity contribution in [1.82, 2.24) is 5.32 Å². The molecule has 0 aliphatic heterocycles. The van der Waals surface area contributed by atoms with Gasteiger partial charge in [-0.2, -0.15) is 0 Å². The van der Waals surface area contributed by atoms with Crippen molar-refractivity contribution in [2.75, 3.05) is 24.4 Å². The molecule has 126 valence electrons. The van der Waals surface area contributed by atoms with Crippen molar-refractivity contribution in [1.29, 1.82) is 0 Å². The molecule has 6 heteroatoms. The number of nitrogens with one attached hydrogen (secondary N) is 3. The van der Waals surface area contributed by atoms with E-state index in [1.807, 2.05) is 0 Å². The minimum atomic E-state index is -0.211. The zero-order valence-corrected chi connectivity index (χ0v) is 13.7. The Balaban J connectivity index is 1.82. The lowest BCUT2D eigenvalue weighted by Crippen LogP contribution is -2.43. The summed E-state index contributed by atoms with van der Waals surface area (Å²) in [6.45, 7) is 2.20. The van der Waals surface area contributed by atoms with Crippen LogP contribution in [0.3, 0.4) is 0 Å². The number of rotatable bonds is 5. The van der Waals surface area contributed by atoms with Gasteiger partial charge in [0.1, 0.15) is 6.61 Å². The van der Waals surface area contributed by atoms with Gasteiger partial charge in [0, 0.05) is 24.5 Å². The molecule has 3 N–H and O–H groups in total. The monoisotopic (exact) mass is 319 g/mol. The van der Waals surface area contributed by atoms with Crippen LogP contribution in [-0.4, -0.2) is 31.7 Å². The molecular formula is C17H25N3O3. The van der Waals surface area contributed by atoms with E-state index in [0.717, 1.165) is 6.42 Å². The van der Waals surface area contributed by atoms with Gasteiger partial charge < -0.3 is 20.7 Å². The largest absolute Gasteiger partial charge is 0.375 e. The van der Waals surface area contributed by atoms with Crippen LogP contribution in [-0.2, 0) is 9.53 Å². The maximum absolute atomic E-state index is 12.1. The van der Waals surface area contributed by atoms with Gasteiger partial charge in [-0.25, -0.2) is 4.79 Å². The van der Waals surface area contributed by atoms with Crippen molar-refractivity contribution in [2.45, 2.75) is 38.6 Å². The second-order valence-corrected chi connectivity index (χ2v) is 6.03. The second kappa shape index (κ2) is 8.53. The van der Waals surface area contributed by atoms with Crippen LogP contribution < -0.4 is 16.0 Å². The average molecular weight is 319 g/mol. The third-order valence-electron chi connectivity index (χ3n) is 4.13. The van der Waals surface area contributed by atoms with E-state index in [0.29, 0.717) is 17.3 Å². The lowest BCUT2D eigenvalue weighted by molar-refractivity contribution is -0.119. The molecule has 0 unspecified atom stereocenters. The number of benzene rings is 1. The first kappa shape index (κ1) is 17.3. The highest BCUT2D eigenvalue weighted by Crippen LogP contribution is 2.23. The Kier molecular flexibility index (Phi) is 6.40. The summed E-state index contributed by atoms with van der Waals surface area (Å²) >= 11 is 0. The number of ether oxygens (including phenoxy) is 1. The number of urea groups is 1. The molecule has 2 rings (SSSR count). The van der Waals surface area contributed by atoms with Crippen molar-refractivity contribution in [3.8, 4) is 0 Å². The average Bonchev–Trinajstić information content (AvgIpc) is 2.52. The fourth-order valence-electron chi connectivity index (χ4n) is 2.83. The first-order valence-electron chi connectivity index (χ1n) is 8.05. The number of hydrogen-bond acceptors (Lipinski definition) is 3. The number of carbonyl (C=O) groups excluding carboxylic acids is 2. The Morgan fingerprint density at radius 3 is 2.30 bits per heavy atom. The number of anilines is 2. The highest BCUT2D eigenvalue weighted by atomic mass is 16.5. The molecule has 1 fully saturated rings. The molecule has 0 saturated heterocycles. The Hall–Kier alpha value is -2.08. The van der Waals surface area contributed by atoms with E-state index in [1.165, 1.54) is 26.4 Å². The van der Waals surface area contributed by atoms with Gasteiger partial charge in [0.05, 0.1) is 0 Å². The van der Waals surface area contributed by atoms with Crippen molar-refractivity contribution in [3.05, 3.63) is 24.3 Å². The predicted molar refractivity (Wildman–Crippen MR) is 90.5 cm³/mol. The number of hydrogen-bond donors (Lipinski definition) is 3. The molecule has 6 nitrogen and oxygen atoms in total. The smallest absolute Gasteiger partial charge is 0.319 e. The minimum absolute atomic E-state index is 0.0159. The molecule has 1 saturated carbocycles. The molecule has 2 atom stereocenters. The Labute approximate surface area is 137 Å². The van der Waals surface area contributed by atoms with E-state index in [9.17, 15) is 9.59 Å². The molecule has 1 aromatic carbocycles. The fraction of sp³-hybridized carbons (Fsp3) is 0.529. The number of carbonyl (C=O) groups is 2. The topological polar surface area (TPSA) is 79.5 Å². The van der Waals surface area contributed by atoms with Crippen LogP contribution in [0.25, 0.3) is 0 Å². The Morgan fingerprint density at radius 2 is 1.70 bits per heavy atom. The van der Waals surface area contributed by atoms with Gasteiger partial charge in [0.15, 0.2) is 0 Å². The Bertz CT molecular complexity index is 530. The van der Waals surface area contributed by atoms with E-state index in [1.54, 1.807) is 24.3 Å². The van der Waals surface area contributed by atoms with Crippen LogP contribution in [0.5, 0.6) is 0 Å². The van der Waals surface area contributed by atoms with Crippen molar-refractivity contribution < 1.29 is 14.3 Å². The third-order valence-corrected chi connectivity index (χ3v) is 4.13. The minimum Gasteiger partial charge on any atom is -0.375 e. The van der Waals surface area contributed by atoms with E-state index in [-0.39, 0.29) is 24.6 Å². The number of methoxy groups -OCH3 is 1. The molecule has 1 aliphatic carbocycles. The van der Waals surface area contributed by atoms with Gasteiger partial charge in [-0.15, -0.1) is 0 Å². The summed E-state index contributed by atoms with van der Waals surface area (Å²) in [5.74, 6) is 0.310. The Morgan fingerprint density at radius 1 is 1.09 bits per heavy atom. The normalized spacial score (nSPS) is 20.6. The molecular weight excluding hydrogens is 294 g/mol. The van der Waals surface area contributed by atoms with Crippen molar-refractivity contribution in [3.63, 3.8) is 0 Å². The quantitative estimate of drug-likeness (QED) is 0.780. The zero-order chi connectivity index (χ0) is 16.7. The van der Waals surface area contributed by atoms with Crippen LogP contribution in [0.2, 0.25) is 0 Å². The van der Waals surface area contributed by atoms with Crippen LogP contribution in [0.1, 0.15) is 32.6 Å². The summed E-state index contributed by atoms with van der Waals surface area (Å²) < 4.78 is 4.76. The highest BCUT2D eigenvalue weighted by Gasteiger charge is 2.22. The molecule has 0 heterocycles. The number of amides is 3. The van der Waals surface area contributed by atoms with Crippen LogP contribution >= 0.6 is 0 Å². The lowest BCUT2D eigenvalue weighted by Gasteiger charge is -2.29. The first-order chi connectivity index (χ1) is 11.1. The van der Waals surface area contributed by atoms with Gasteiger partial charge in [0.25, 0.3) is 0 Å². The second-order valence-electron chi connectivity index (χ2n) is 6.03. The maximum atomic E-state index is 12.1. The first-order valence-corrected chi connectivity index (χ1v) is 8.05. The molecule has 0 bridgehead atoms. The van der Waals surface area contributed by atoms with Gasteiger partial charge in [-0.05, 0) is 43.0 Å². The van der Waals surface area contributed by atoms with Gasteiger partial charge in [0.2, 0.25) is 5.91 Å². The molecule has 1 aliphatic rings. The van der Waals surface area contributed by atoms with Gasteiger partial charge in [-0.3, -0.25) is 4.79 Å². The molecule has 0 radical (unpaired) electrons. The van der Waals surface area contributed by atoms with Crippen molar-refractivity contribution >= 4 is 23.3 Å². The van der Waals surface area contributed by atoms with Crippen molar-refractivity contribution in [2.24, 2.45) is 5.92 Å². The summed E-state index contributed by atoms with van der Waals surface area (Å²) in [5.41, 5.74) is 1.36. The predicted octanol–water partition coefficient (Wildman–Crippen LogP) is 2.97. The maximum Gasteiger partial charge on any atom is 0.319 e. The summed E-state index contributed by atoms with van der Waals surface area (Å²) in [6, 6.07) is 7.06.